The lowest BCUT2D eigenvalue weighted by molar-refractivity contribution is 0.415. The van der Waals surface area contributed by atoms with Crippen LogP contribution in [0, 0.1) is 20.8 Å². The van der Waals surface area contributed by atoms with Gasteiger partial charge in [0.25, 0.3) is 11.3 Å². The molecule has 0 atom stereocenters. The zero-order chi connectivity index (χ0) is 21.7. The number of hydrogen-bond acceptors (Lipinski definition) is 7. The predicted molar refractivity (Wildman–Crippen MR) is 116 cm³/mol. The summed E-state index contributed by atoms with van der Waals surface area (Å²) in [6.07, 6.45) is 1.64. The summed E-state index contributed by atoms with van der Waals surface area (Å²) < 4.78 is 8.32. The summed E-state index contributed by atoms with van der Waals surface area (Å²) in [5.41, 5.74) is 3.20. The van der Waals surface area contributed by atoms with Crippen LogP contribution in [-0.4, -0.2) is 41.2 Å². The van der Waals surface area contributed by atoms with E-state index >= 15 is 0 Å². The van der Waals surface area contributed by atoms with Gasteiger partial charge in [-0.3, -0.25) is 9.36 Å². The molecule has 0 bridgehead atoms. The topological polar surface area (TPSA) is 100 Å². The quantitative estimate of drug-likeness (QED) is 0.448. The number of ether oxygens (including phenoxy) is 1. The molecule has 9 nitrogen and oxygen atoms in total. The van der Waals surface area contributed by atoms with Crippen LogP contribution in [-0.2, 0) is 0 Å². The van der Waals surface area contributed by atoms with E-state index in [0.717, 1.165) is 17.0 Å². The Hall–Kier alpha value is -4.14. The van der Waals surface area contributed by atoms with Gasteiger partial charge >= 0.3 is 0 Å². The van der Waals surface area contributed by atoms with Gasteiger partial charge in [0, 0.05) is 23.1 Å². The number of aromatic nitrogens is 7. The third kappa shape index (κ3) is 3.10. The lowest BCUT2D eigenvalue weighted by Gasteiger charge is -2.11. The zero-order valence-corrected chi connectivity index (χ0v) is 17.5. The van der Waals surface area contributed by atoms with Gasteiger partial charge in [-0.15, -0.1) is 5.10 Å². The van der Waals surface area contributed by atoms with Crippen LogP contribution in [0.3, 0.4) is 0 Å². The van der Waals surface area contributed by atoms with Crippen LogP contribution in [0.2, 0.25) is 0 Å². The lowest BCUT2D eigenvalue weighted by Crippen LogP contribution is -2.22. The van der Waals surface area contributed by atoms with Crippen molar-refractivity contribution >= 4 is 16.7 Å². The molecular weight excluding hydrogens is 394 g/mol. The number of rotatable bonds is 3. The first-order valence-corrected chi connectivity index (χ1v) is 9.70. The molecule has 31 heavy (non-hydrogen) atoms. The van der Waals surface area contributed by atoms with E-state index in [0.29, 0.717) is 39.9 Å². The van der Waals surface area contributed by atoms with Crippen LogP contribution in [0.5, 0.6) is 5.75 Å². The van der Waals surface area contributed by atoms with E-state index in [1.807, 2.05) is 44.2 Å². The van der Waals surface area contributed by atoms with Crippen molar-refractivity contribution in [2.24, 2.45) is 0 Å². The fraction of sp³-hybridized carbons (Fsp3) is 0.182. The van der Waals surface area contributed by atoms with Crippen molar-refractivity contribution in [2.75, 3.05) is 7.11 Å². The zero-order valence-electron chi connectivity index (χ0n) is 17.5. The second-order valence-electron chi connectivity index (χ2n) is 7.26. The highest BCUT2D eigenvalue weighted by molar-refractivity contribution is 5.93. The Kier molecular flexibility index (Phi) is 4.25. The van der Waals surface area contributed by atoms with E-state index in [-0.39, 0.29) is 5.56 Å². The Labute approximate surface area is 177 Å². The molecule has 4 aromatic heterocycles. The summed E-state index contributed by atoms with van der Waals surface area (Å²) in [6, 6.07) is 11.1. The van der Waals surface area contributed by atoms with E-state index in [9.17, 15) is 4.79 Å². The Bertz CT molecular complexity index is 1500. The highest BCUT2D eigenvalue weighted by Gasteiger charge is 2.19. The van der Waals surface area contributed by atoms with Crippen molar-refractivity contribution in [3.8, 4) is 23.0 Å². The summed E-state index contributed by atoms with van der Waals surface area (Å²) in [5, 5.41) is 4.90. The van der Waals surface area contributed by atoms with Crippen molar-refractivity contribution in [1.29, 1.82) is 0 Å². The van der Waals surface area contributed by atoms with E-state index < -0.39 is 0 Å². The lowest BCUT2D eigenvalue weighted by atomic mass is 10.1. The number of fused-ring (bicyclic) bond motifs is 2. The number of methoxy groups -OCH3 is 1. The SMILES string of the molecule is COc1ccc(-c2c3c(=O)n(-c4nc(C)cc(C)n4)ccc3nc3nc(C)nn23)cc1. The molecule has 0 N–H and O–H groups in total. The minimum absolute atomic E-state index is 0.282. The maximum absolute atomic E-state index is 13.7. The minimum atomic E-state index is -0.282. The van der Waals surface area contributed by atoms with Gasteiger partial charge in [-0.05, 0) is 57.2 Å². The van der Waals surface area contributed by atoms with Crippen molar-refractivity contribution in [3.05, 3.63) is 70.2 Å². The van der Waals surface area contributed by atoms with Crippen LogP contribution >= 0.6 is 0 Å². The van der Waals surface area contributed by atoms with Crippen LogP contribution in [0.15, 0.2) is 47.4 Å². The molecule has 0 unspecified atom stereocenters. The number of benzene rings is 1. The number of pyridine rings is 1. The summed E-state index contributed by atoms with van der Waals surface area (Å²) in [5.74, 6) is 2.03. The molecule has 0 aliphatic rings. The van der Waals surface area contributed by atoms with Gasteiger partial charge in [0.1, 0.15) is 11.6 Å². The van der Waals surface area contributed by atoms with Crippen LogP contribution < -0.4 is 10.3 Å². The fourth-order valence-corrected chi connectivity index (χ4v) is 3.67. The van der Waals surface area contributed by atoms with E-state index in [2.05, 4.69) is 25.0 Å². The Balaban J connectivity index is 1.89. The Morgan fingerprint density at radius 1 is 0.903 bits per heavy atom. The molecule has 4 heterocycles. The van der Waals surface area contributed by atoms with Crippen molar-refractivity contribution < 1.29 is 4.74 Å². The monoisotopic (exact) mass is 413 g/mol. The number of nitrogens with zero attached hydrogens (tertiary/aromatic N) is 7. The van der Waals surface area contributed by atoms with Gasteiger partial charge in [-0.2, -0.15) is 9.50 Å². The molecule has 0 spiro atoms. The molecule has 0 amide bonds. The summed E-state index contributed by atoms with van der Waals surface area (Å²) in [6.45, 7) is 5.53. The molecule has 0 saturated heterocycles. The maximum atomic E-state index is 13.7. The summed E-state index contributed by atoms with van der Waals surface area (Å²) in [4.78, 5) is 31.5. The molecule has 0 saturated carbocycles. The number of aryl methyl sites for hydroxylation is 3. The van der Waals surface area contributed by atoms with E-state index in [4.69, 9.17) is 4.74 Å². The first kappa shape index (κ1) is 18.9. The summed E-state index contributed by atoms with van der Waals surface area (Å²) in [7, 11) is 1.61. The first-order chi connectivity index (χ1) is 14.9. The van der Waals surface area contributed by atoms with Gasteiger partial charge in [-0.1, -0.05) is 0 Å². The van der Waals surface area contributed by atoms with Gasteiger partial charge in [0.15, 0.2) is 0 Å². The number of hydrogen-bond donors (Lipinski definition) is 0. The van der Waals surface area contributed by atoms with Crippen LogP contribution in [0.1, 0.15) is 17.2 Å². The molecule has 0 aliphatic heterocycles. The second-order valence-corrected chi connectivity index (χ2v) is 7.26. The van der Waals surface area contributed by atoms with Gasteiger partial charge in [-0.25, -0.2) is 15.0 Å². The highest BCUT2D eigenvalue weighted by atomic mass is 16.5. The minimum Gasteiger partial charge on any atom is -0.497 e. The van der Waals surface area contributed by atoms with Crippen LogP contribution in [0.4, 0.5) is 0 Å². The van der Waals surface area contributed by atoms with Crippen molar-refractivity contribution in [2.45, 2.75) is 20.8 Å². The normalized spacial score (nSPS) is 11.4. The molecule has 0 fully saturated rings. The second kappa shape index (κ2) is 6.98. The molecule has 5 rings (SSSR count). The molecular formula is C22H19N7O2. The maximum Gasteiger partial charge on any atom is 0.269 e. The first-order valence-electron chi connectivity index (χ1n) is 9.70. The Morgan fingerprint density at radius 3 is 2.29 bits per heavy atom. The fourth-order valence-electron chi connectivity index (χ4n) is 3.67. The molecule has 0 aliphatic carbocycles. The van der Waals surface area contributed by atoms with E-state index in [1.165, 1.54) is 4.57 Å². The molecule has 9 heteroatoms. The largest absolute Gasteiger partial charge is 0.497 e. The van der Waals surface area contributed by atoms with Crippen LogP contribution in [0.25, 0.3) is 33.9 Å². The van der Waals surface area contributed by atoms with Gasteiger partial charge in [0.05, 0.1) is 23.7 Å². The average molecular weight is 413 g/mol. The third-order valence-corrected chi connectivity index (χ3v) is 4.98. The summed E-state index contributed by atoms with van der Waals surface area (Å²) >= 11 is 0. The molecule has 154 valence electrons. The predicted octanol–water partition coefficient (Wildman–Crippen LogP) is 2.82. The van der Waals surface area contributed by atoms with Crippen molar-refractivity contribution in [3.63, 3.8) is 0 Å². The molecule has 5 aromatic rings. The van der Waals surface area contributed by atoms with Gasteiger partial charge in [0.2, 0.25) is 5.95 Å². The van der Waals surface area contributed by atoms with E-state index in [1.54, 1.807) is 30.8 Å². The molecule has 0 radical (unpaired) electrons. The highest BCUT2D eigenvalue weighted by Crippen LogP contribution is 2.28. The van der Waals surface area contributed by atoms with Gasteiger partial charge < -0.3 is 4.74 Å². The van der Waals surface area contributed by atoms with Crippen molar-refractivity contribution in [1.82, 2.24) is 34.1 Å². The average Bonchev–Trinajstić information content (AvgIpc) is 3.11. The molecule has 1 aromatic carbocycles. The third-order valence-electron chi connectivity index (χ3n) is 4.98. The smallest absolute Gasteiger partial charge is 0.269 e. The standard InChI is InChI=1S/C22H19N7O2/c1-12-11-13(2)24-21(23-12)28-10-9-17-18(20(28)30)19(15-5-7-16(31-4)8-6-15)29-22(26-17)25-14(3)27-29/h5-11H,1-4H3. The Morgan fingerprint density at radius 2 is 1.61 bits per heavy atom.